The van der Waals surface area contributed by atoms with Gasteiger partial charge in [-0.15, -0.1) is 0 Å². The number of aryl methyl sites for hydroxylation is 1. The first kappa shape index (κ1) is 17.4. The third-order valence-corrected chi connectivity index (χ3v) is 4.79. The van der Waals surface area contributed by atoms with Crippen molar-refractivity contribution in [3.63, 3.8) is 0 Å². The van der Waals surface area contributed by atoms with Gasteiger partial charge in [-0.1, -0.05) is 12.1 Å². The van der Waals surface area contributed by atoms with E-state index in [1.54, 1.807) is 24.8 Å². The van der Waals surface area contributed by atoms with Crippen molar-refractivity contribution in [2.45, 2.75) is 13.5 Å². The highest BCUT2D eigenvalue weighted by atomic mass is 16.3. The first-order valence-corrected chi connectivity index (χ1v) is 9.13. The lowest BCUT2D eigenvalue weighted by Gasteiger charge is -2.35. The number of para-hydroxylation sites is 1. The van der Waals surface area contributed by atoms with E-state index in [2.05, 4.69) is 24.9 Å². The molecule has 140 valence electrons. The quantitative estimate of drug-likeness (QED) is 0.735. The van der Waals surface area contributed by atoms with Crippen LogP contribution in [0.15, 0.2) is 43.0 Å². The SMILES string of the molecule is Cc1cc(N2CCN(CCn3cncn3)CC2)nc(-c2ccccc2O)n1. The first-order chi connectivity index (χ1) is 13.2. The number of anilines is 1. The monoisotopic (exact) mass is 365 g/mol. The molecule has 0 atom stereocenters. The average Bonchev–Trinajstić information content (AvgIpc) is 3.20. The third-order valence-electron chi connectivity index (χ3n) is 4.79. The molecule has 1 N–H and O–H groups in total. The normalized spacial score (nSPS) is 15.2. The van der Waals surface area contributed by atoms with E-state index < -0.39 is 0 Å². The van der Waals surface area contributed by atoms with Crippen LogP contribution in [0.2, 0.25) is 0 Å². The molecule has 8 heteroatoms. The van der Waals surface area contributed by atoms with E-state index in [1.165, 1.54) is 0 Å². The Balaban J connectivity index is 1.43. The summed E-state index contributed by atoms with van der Waals surface area (Å²) in [5, 5.41) is 14.3. The highest BCUT2D eigenvalue weighted by Gasteiger charge is 2.19. The summed E-state index contributed by atoms with van der Waals surface area (Å²) in [6.07, 6.45) is 3.32. The fourth-order valence-corrected chi connectivity index (χ4v) is 3.29. The molecule has 8 nitrogen and oxygen atoms in total. The van der Waals surface area contributed by atoms with Gasteiger partial charge in [0.15, 0.2) is 5.82 Å². The maximum Gasteiger partial charge on any atom is 0.165 e. The Labute approximate surface area is 158 Å². The van der Waals surface area contributed by atoms with Crippen LogP contribution in [-0.4, -0.2) is 67.5 Å². The Hall–Kier alpha value is -3.00. The van der Waals surface area contributed by atoms with Crippen molar-refractivity contribution < 1.29 is 5.11 Å². The molecule has 3 heterocycles. The second-order valence-corrected chi connectivity index (χ2v) is 6.70. The fraction of sp³-hybridized carbons (Fsp3) is 0.368. The van der Waals surface area contributed by atoms with E-state index in [4.69, 9.17) is 4.98 Å². The molecule has 1 saturated heterocycles. The van der Waals surface area contributed by atoms with Gasteiger partial charge in [-0.25, -0.2) is 15.0 Å². The Kier molecular flexibility index (Phi) is 4.97. The standard InChI is InChI=1S/C19H23N7O/c1-15-12-18(23-19(22-15)16-4-2-3-5-17(16)27)25-9-6-24(7-10-25)8-11-26-14-20-13-21-26/h2-5,12-14,27H,6-11H2,1H3. The molecule has 1 fully saturated rings. The van der Waals surface area contributed by atoms with Gasteiger partial charge in [0.05, 0.1) is 12.1 Å². The molecule has 1 aliphatic heterocycles. The number of piperazine rings is 1. The second kappa shape index (κ2) is 7.71. The summed E-state index contributed by atoms with van der Waals surface area (Å²) in [6, 6.07) is 9.20. The molecule has 0 aliphatic carbocycles. The molecular formula is C19H23N7O. The predicted molar refractivity (Wildman–Crippen MR) is 103 cm³/mol. The van der Waals surface area contributed by atoms with Crippen LogP contribution in [0.25, 0.3) is 11.4 Å². The lowest BCUT2D eigenvalue weighted by molar-refractivity contribution is 0.244. The molecular weight excluding hydrogens is 342 g/mol. The van der Waals surface area contributed by atoms with E-state index in [0.29, 0.717) is 11.4 Å². The lowest BCUT2D eigenvalue weighted by Crippen LogP contribution is -2.47. The van der Waals surface area contributed by atoms with Crippen LogP contribution in [0.1, 0.15) is 5.69 Å². The first-order valence-electron chi connectivity index (χ1n) is 9.13. The molecule has 1 aliphatic rings. The van der Waals surface area contributed by atoms with Crippen molar-refractivity contribution in [2.24, 2.45) is 0 Å². The minimum atomic E-state index is 0.201. The summed E-state index contributed by atoms with van der Waals surface area (Å²) in [6.45, 7) is 7.55. The zero-order valence-corrected chi connectivity index (χ0v) is 15.4. The number of phenols is 1. The molecule has 0 bridgehead atoms. The van der Waals surface area contributed by atoms with Crippen LogP contribution >= 0.6 is 0 Å². The van der Waals surface area contributed by atoms with Crippen molar-refractivity contribution >= 4 is 5.82 Å². The van der Waals surface area contributed by atoms with Crippen LogP contribution in [0.5, 0.6) is 5.75 Å². The van der Waals surface area contributed by atoms with Crippen molar-refractivity contribution in [1.29, 1.82) is 0 Å². The average molecular weight is 365 g/mol. The number of aromatic hydroxyl groups is 1. The maximum atomic E-state index is 10.1. The molecule has 0 saturated carbocycles. The van der Waals surface area contributed by atoms with Gasteiger partial charge in [-0.3, -0.25) is 9.58 Å². The highest BCUT2D eigenvalue weighted by molar-refractivity contribution is 5.65. The van der Waals surface area contributed by atoms with Crippen LogP contribution in [0, 0.1) is 6.92 Å². The van der Waals surface area contributed by atoms with Crippen LogP contribution in [0.4, 0.5) is 5.82 Å². The van der Waals surface area contributed by atoms with E-state index >= 15 is 0 Å². The molecule has 3 aromatic rings. The van der Waals surface area contributed by atoms with Crippen molar-refractivity contribution in [3.05, 3.63) is 48.7 Å². The number of benzene rings is 1. The summed E-state index contributed by atoms with van der Waals surface area (Å²) in [5.74, 6) is 1.68. The van der Waals surface area contributed by atoms with Crippen LogP contribution in [-0.2, 0) is 6.54 Å². The Morgan fingerprint density at radius 1 is 1.04 bits per heavy atom. The molecule has 27 heavy (non-hydrogen) atoms. The van der Waals surface area contributed by atoms with Crippen molar-refractivity contribution in [2.75, 3.05) is 37.6 Å². The Morgan fingerprint density at radius 3 is 2.59 bits per heavy atom. The zero-order valence-electron chi connectivity index (χ0n) is 15.4. The molecule has 1 aromatic carbocycles. The summed E-state index contributed by atoms with van der Waals surface area (Å²) >= 11 is 0. The Bertz CT molecular complexity index is 889. The van der Waals surface area contributed by atoms with Gasteiger partial charge in [0.2, 0.25) is 0 Å². The molecule has 4 rings (SSSR count). The largest absolute Gasteiger partial charge is 0.507 e. The molecule has 0 radical (unpaired) electrons. The molecule has 2 aromatic heterocycles. The second-order valence-electron chi connectivity index (χ2n) is 6.70. The molecule has 0 amide bonds. The highest BCUT2D eigenvalue weighted by Crippen LogP contribution is 2.27. The van der Waals surface area contributed by atoms with Crippen LogP contribution in [0.3, 0.4) is 0 Å². The minimum Gasteiger partial charge on any atom is -0.507 e. The molecule has 0 spiro atoms. The van der Waals surface area contributed by atoms with E-state index in [9.17, 15) is 5.11 Å². The van der Waals surface area contributed by atoms with Gasteiger partial charge in [0.1, 0.15) is 24.2 Å². The van der Waals surface area contributed by atoms with E-state index in [1.807, 2.05) is 29.8 Å². The number of phenolic OH excluding ortho intramolecular Hbond substituents is 1. The van der Waals surface area contributed by atoms with Gasteiger partial charge in [-0.2, -0.15) is 5.10 Å². The van der Waals surface area contributed by atoms with Gasteiger partial charge in [0, 0.05) is 44.5 Å². The topological polar surface area (TPSA) is 83.2 Å². The number of rotatable bonds is 5. The summed E-state index contributed by atoms with van der Waals surface area (Å²) in [4.78, 5) is 17.9. The summed E-state index contributed by atoms with van der Waals surface area (Å²) in [5.41, 5.74) is 1.56. The van der Waals surface area contributed by atoms with Gasteiger partial charge in [0.25, 0.3) is 0 Å². The van der Waals surface area contributed by atoms with Crippen LogP contribution < -0.4 is 4.90 Å². The lowest BCUT2D eigenvalue weighted by atomic mass is 10.2. The fourth-order valence-electron chi connectivity index (χ4n) is 3.29. The number of aromatic nitrogens is 5. The number of hydrogen-bond donors (Lipinski definition) is 1. The van der Waals surface area contributed by atoms with E-state index in [0.717, 1.165) is 50.8 Å². The summed E-state index contributed by atoms with van der Waals surface area (Å²) < 4.78 is 1.86. The van der Waals surface area contributed by atoms with E-state index in [-0.39, 0.29) is 5.75 Å². The third kappa shape index (κ3) is 4.06. The number of hydrogen-bond acceptors (Lipinski definition) is 7. The summed E-state index contributed by atoms with van der Waals surface area (Å²) in [7, 11) is 0. The zero-order chi connectivity index (χ0) is 18.6. The van der Waals surface area contributed by atoms with Crippen molar-refractivity contribution in [1.82, 2.24) is 29.6 Å². The minimum absolute atomic E-state index is 0.201. The Morgan fingerprint density at radius 2 is 1.85 bits per heavy atom. The van der Waals surface area contributed by atoms with Gasteiger partial charge < -0.3 is 10.0 Å². The maximum absolute atomic E-state index is 10.1. The van der Waals surface area contributed by atoms with Crippen molar-refractivity contribution in [3.8, 4) is 17.1 Å². The van der Waals surface area contributed by atoms with Gasteiger partial charge in [-0.05, 0) is 19.1 Å². The predicted octanol–water partition coefficient (Wildman–Crippen LogP) is 1.57. The number of nitrogens with zero attached hydrogens (tertiary/aromatic N) is 7. The smallest absolute Gasteiger partial charge is 0.165 e. The van der Waals surface area contributed by atoms with Gasteiger partial charge >= 0.3 is 0 Å². The molecule has 0 unspecified atom stereocenters.